The molecule has 8 heteroatoms. The van der Waals surface area contributed by atoms with E-state index in [9.17, 15) is 14.4 Å². The molecule has 1 saturated heterocycles. The van der Waals surface area contributed by atoms with Gasteiger partial charge < -0.3 is 20.7 Å². The second-order valence-electron chi connectivity index (χ2n) is 7.99. The van der Waals surface area contributed by atoms with Gasteiger partial charge in [-0.3, -0.25) is 19.3 Å². The molecule has 2 atom stereocenters. The standard InChI is InChI=1S/C22H34N4O4/c1-16-14-26(15-17(16)2)10-11-30-20-6-4-19(5-7-20)8-9-23-21(28)13-25-22(29)12-24-18(3)27/h4-7,16-17H,8-15H2,1-3H3,(H,23,28)(H,24,27)(H,25,29)/t16-,17-/m0/s1. The Kier molecular flexibility index (Phi) is 9.60. The fraction of sp³-hybridized carbons (Fsp3) is 0.591. The van der Waals surface area contributed by atoms with Crippen LogP contribution < -0.4 is 20.7 Å². The van der Waals surface area contributed by atoms with E-state index in [1.165, 1.54) is 6.92 Å². The van der Waals surface area contributed by atoms with Crippen molar-refractivity contribution >= 4 is 17.7 Å². The minimum absolute atomic E-state index is 0.111. The third-order valence-electron chi connectivity index (χ3n) is 5.34. The van der Waals surface area contributed by atoms with Crippen LogP contribution in [0, 0.1) is 11.8 Å². The van der Waals surface area contributed by atoms with Crippen molar-refractivity contribution in [3.05, 3.63) is 29.8 Å². The van der Waals surface area contributed by atoms with E-state index in [1.807, 2.05) is 24.3 Å². The lowest BCUT2D eigenvalue weighted by atomic mass is 10.0. The molecule has 2 rings (SSSR count). The number of nitrogens with one attached hydrogen (secondary N) is 3. The number of nitrogens with zero attached hydrogens (tertiary/aromatic N) is 1. The summed E-state index contributed by atoms with van der Waals surface area (Å²) in [6.45, 7) is 10.1. The molecule has 0 radical (unpaired) electrons. The zero-order chi connectivity index (χ0) is 21.9. The van der Waals surface area contributed by atoms with Gasteiger partial charge in [0.25, 0.3) is 0 Å². The average Bonchev–Trinajstić information content (AvgIpc) is 3.03. The molecule has 8 nitrogen and oxygen atoms in total. The minimum atomic E-state index is -0.398. The van der Waals surface area contributed by atoms with Crippen molar-refractivity contribution in [1.82, 2.24) is 20.9 Å². The van der Waals surface area contributed by atoms with Crippen LogP contribution in [0.5, 0.6) is 5.75 Å². The minimum Gasteiger partial charge on any atom is -0.492 e. The first-order chi connectivity index (χ1) is 14.3. The first-order valence-corrected chi connectivity index (χ1v) is 10.6. The quantitative estimate of drug-likeness (QED) is 0.488. The number of hydrogen-bond acceptors (Lipinski definition) is 5. The number of ether oxygens (including phenoxy) is 1. The maximum Gasteiger partial charge on any atom is 0.239 e. The first kappa shape index (κ1) is 23.7. The second kappa shape index (κ2) is 12.2. The Hall–Kier alpha value is -2.61. The van der Waals surface area contributed by atoms with Gasteiger partial charge in [-0.05, 0) is 36.0 Å². The Morgan fingerprint density at radius 3 is 2.20 bits per heavy atom. The Morgan fingerprint density at radius 1 is 0.967 bits per heavy atom. The Balaban J connectivity index is 1.57. The highest BCUT2D eigenvalue weighted by molar-refractivity contribution is 5.87. The fourth-order valence-electron chi connectivity index (χ4n) is 3.33. The van der Waals surface area contributed by atoms with E-state index in [-0.39, 0.29) is 24.9 Å². The highest BCUT2D eigenvalue weighted by Gasteiger charge is 2.25. The van der Waals surface area contributed by atoms with E-state index in [2.05, 4.69) is 34.7 Å². The summed E-state index contributed by atoms with van der Waals surface area (Å²) in [5, 5.41) is 7.59. The van der Waals surface area contributed by atoms with Crippen molar-refractivity contribution in [3.63, 3.8) is 0 Å². The van der Waals surface area contributed by atoms with Crippen LogP contribution in [-0.4, -0.2) is 68.5 Å². The molecule has 3 amide bonds. The molecule has 3 N–H and O–H groups in total. The molecule has 1 aliphatic heterocycles. The molecule has 0 bridgehead atoms. The zero-order valence-electron chi connectivity index (χ0n) is 18.2. The molecule has 0 aliphatic carbocycles. The molecule has 0 saturated carbocycles. The van der Waals surface area contributed by atoms with Gasteiger partial charge in [0.2, 0.25) is 17.7 Å². The van der Waals surface area contributed by atoms with Gasteiger partial charge in [0.05, 0.1) is 13.1 Å². The molecular weight excluding hydrogens is 384 g/mol. The molecule has 0 unspecified atom stereocenters. The molecular formula is C22H34N4O4. The Morgan fingerprint density at radius 2 is 1.57 bits per heavy atom. The molecule has 166 valence electrons. The van der Waals surface area contributed by atoms with Crippen LogP contribution in [0.4, 0.5) is 0 Å². The zero-order valence-corrected chi connectivity index (χ0v) is 18.2. The molecule has 1 aromatic carbocycles. The molecule has 30 heavy (non-hydrogen) atoms. The highest BCUT2D eigenvalue weighted by atomic mass is 16.5. The molecule has 0 spiro atoms. The summed E-state index contributed by atoms with van der Waals surface area (Å²) < 4.78 is 5.85. The topological polar surface area (TPSA) is 99.8 Å². The fourth-order valence-corrected chi connectivity index (χ4v) is 3.33. The number of likely N-dealkylation sites (tertiary alicyclic amines) is 1. The number of hydrogen-bond donors (Lipinski definition) is 3. The van der Waals surface area contributed by atoms with E-state index in [1.54, 1.807) is 0 Å². The maximum atomic E-state index is 11.8. The van der Waals surface area contributed by atoms with Gasteiger partial charge in [-0.25, -0.2) is 0 Å². The third kappa shape index (κ3) is 8.82. The lowest BCUT2D eigenvalue weighted by Gasteiger charge is -2.16. The summed E-state index contributed by atoms with van der Waals surface area (Å²) in [5.41, 5.74) is 1.10. The molecule has 1 aliphatic rings. The van der Waals surface area contributed by atoms with Crippen molar-refractivity contribution in [2.24, 2.45) is 11.8 Å². The van der Waals surface area contributed by atoms with Gasteiger partial charge in [-0.15, -0.1) is 0 Å². The molecule has 1 fully saturated rings. The predicted octanol–water partition coefficient (Wildman–Crippen LogP) is 0.564. The van der Waals surface area contributed by atoms with Crippen LogP contribution in [0.3, 0.4) is 0 Å². The van der Waals surface area contributed by atoms with Crippen LogP contribution >= 0.6 is 0 Å². The van der Waals surface area contributed by atoms with Crippen molar-refractivity contribution in [2.75, 3.05) is 45.9 Å². The smallest absolute Gasteiger partial charge is 0.239 e. The van der Waals surface area contributed by atoms with Crippen LogP contribution in [0.1, 0.15) is 26.3 Å². The van der Waals surface area contributed by atoms with E-state index in [0.717, 1.165) is 42.8 Å². The third-order valence-corrected chi connectivity index (χ3v) is 5.34. The lowest BCUT2D eigenvalue weighted by Crippen LogP contribution is -2.41. The van der Waals surface area contributed by atoms with Crippen molar-refractivity contribution in [2.45, 2.75) is 27.2 Å². The van der Waals surface area contributed by atoms with Crippen LogP contribution in [-0.2, 0) is 20.8 Å². The van der Waals surface area contributed by atoms with Gasteiger partial charge in [0, 0.05) is 33.1 Å². The van der Waals surface area contributed by atoms with Crippen molar-refractivity contribution in [3.8, 4) is 5.75 Å². The average molecular weight is 419 g/mol. The number of rotatable bonds is 11. The second-order valence-corrected chi connectivity index (χ2v) is 7.99. The van der Waals surface area contributed by atoms with Gasteiger partial charge in [0.15, 0.2) is 0 Å². The van der Waals surface area contributed by atoms with Gasteiger partial charge in [0.1, 0.15) is 12.4 Å². The summed E-state index contributed by atoms with van der Waals surface area (Å²) in [6, 6.07) is 7.90. The van der Waals surface area contributed by atoms with Crippen LogP contribution in [0.25, 0.3) is 0 Å². The monoisotopic (exact) mass is 418 g/mol. The maximum absolute atomic E-state index is 11.8. The summed E-state index contributed by atoms with van der Waals surface area (Å²) >= 11 is 0. The summed E-state index contributed by atoms with van der Waals surface area (Å²) in [6.07, 6.45) is 0.690. The van der Waals surface area contributed by atoms with E-state index < -0.39 is 5.91 Å². The van der Waals surface area contributed by atoms with E-state index in [4.69, 9.17) is 4.74 Å². The summed E-state index contributed by atoms with van der Waals surface area (Å²) in [7, 11) is 0. The number of amides is 3. The Bertz CT molecular complexity index is 698. The van der Waals surface area contributed by atoms with Gasteiger partial charge in [-0.2, -0.15) is 0 Å². The largest absolute Gasteiger partial charge is 0.492 e. The molecule has 0 aromatic heterocycles. The predicted molar refractivity (Wildman–Crippen MR) is 115 cm³/mol. The SMILES string of the molecule is CC(=O)NCC(=O)NCC(=O)NCCc1ccc(OCCN2C[C@H](C)[C@@H](C)C2)cc1. The van der Waals surface area contributed by atoms with Crippen molar-refractivity contribution < 1.29 is 19.1 Å². The van der Waals surface area contributed by atoms with Crippen LogP contribution in [0.15, 0.2) is 24.3 Å². The number of benzene rings is 1. The first-order valence-electron chi connectivity index (χ1n) is 10.6. The van der Waals surface area contributed by atoms with E-state index in [0.29, 0.717) is 19.6 Å². The highest BCUT2D eigenvalue weighted by Crippen LogP contribution is 2.21. The summed E-state index contributed by atoms with van der Waals surface area (Å²) in [5.74, 6) is 1.41. The van der Waals surface area contributed by atoms with Gasteiger partial charge in [-0.1, -0.05) is 26.0 Å². The normalized spacial score (nSPS) is 18.6. The number of carbonyl (C=O) groups is 3. The summed E-state index contributed by atoms with van der Waals surface area (Å²) in [4.78, 5) is 36.4. The number of carbonyl (C=O) groups excluding carboxylic acids is 3. The van der Waals surface area contributed by atoms with E-state index >= 15 is 0 Å². The molecule has 1 aromatic rings. The Labute approximate surface area is 178 Å². The van der Waals surface area contributed by atoms with Gasteiger partial charge >= 0.3 is 0 Å². The molecule has 1 heterocycles. The lowest BCUT2D eigenvalue weighted by molar-refractivity contribution is -0.127. The van der Waals surface area contributed by atoms with Crippen molar-refractivity contribution in [1.29, 1.82) is 0 Å². The van der Waals surface area contributed by atoms with Crippen LogP contribution in [0.2, 0.25) is 0 Å².